The van der Waals surface area contributed by atoms with Crippen LogP contribution >= 0.6 is 10.7 Å². The normalized spacial score (nSPS) is 11.6. The molecule has 1 heterocycles. The number of aryl methyl sites for hydroxylation is 1. The molecule has 84 valence electrons. The fourth-order valence-corrected chi connectivity index (χ4v) is 2.45. The number of halogens is 1. The standard InChI is InChI=1S/C10H9ClN2O2S/c1-13-7-9(16(11,14)15)10(12-13)8-5-3-2-4-6-8/h2-7H,1H3. The van der Waals surface area contributed by atoms with Crippen molar-refractivity contribution in [3.8, 4) is 11.3 Å². The van der Waals surface area contributed by atoms with Gasteiger partial charge in [0.05, 0.1) is 0 Å². The van der Waals surface area contributed by atoms with Gasteiger partial charge in [-0.1, -0.05) is 30.3 Å². The summed E-state index contributed by atoms with van der Waals surface area (Å²) in [6.07, 6.45) is 1.39. The first-order chi connectivity index (χ1) is 7.48. The Morgan fingerprint density at radius 3 is 2.44 bits per heavy atom. The molecule has 0 saturated carbocycles. The number of benzene rings is 1. The van der Waals surface area contributed by atoms with Crippen molar-refractivity contribution in [2.75, 3.05) is 0 Å². The van der Waals surface area contributed by atoms with Crippen LogP contribution in [0.3, 0.4) is 0 Å². The third-order valence-electron chi connectivity index (χ3n) is 2.11. The fourth-order valence-electron chi connectivity index (χ4n) is 1.44. The molecule has 4 nitrogen and oxygen atoms in total. The first-order valence-electron chi connectivity index (χ1n) is 4.52. The number of rotatable bonds is 2. The van der Waals surface area contributed by atoms with Gasteiger partial charge in [0, 0.05) is 29.5 Å². The maximum atomic E-state index is 11.4. The minimum atomic E-state index is -3.77. The Morgan fingerprint density at radius 1 is 1.25 bits per heavy atom. The molecule has 0 amide bonds. The molecular formula is C10H9ClN2O2S. The Hall–Kier alpha value is -1.33. The van der Waals surface area contributed by atoms with E-state index in [1.165, 1.54) is 10.9 Å². The lowest BCUT2D eigenvalue weighted by atomic mass is 10.2. The lowest BCUT2D eigenvalue weighted by molar-refractivity contribution is 0.609. The first kappa shape index (κ1) is 11.2. The van der Waals surface area contributed by atoms with Gasteiger partial charge in [0.2, 0.25) is 0 Å². The van der Waals surface area contributed by atoms with Gasteiger partial charge in [-0.15, -0.1) is 0 Å². The molecule has 6 heteroatoms. The molecule has 0 aliphatic carbocycles. The SMILES string of the molecule is Cn1cc(S(=O)(=O)Cl)c(-c2ccccc2)n1. The van der Waals surface area contributed by atoms with Gasteiger partial charge in [0.1, 0.15) is 10.6 Å². The van der Waals surface area contributed by atoms with Crippen molar-refractivity contribution in [2.45, 2.75) is 4.90 Å². The monoisotopic (exact) mass is 256 g/mol. The summed E-state index contributed by atoms with van der Waals surface area (Å²) in [4.78, 5) is 0.0304. The third-order valence-corrected chi connectivity index (χ3v) is 3.43. The van der Waals surface area contributed by atoms with Crippen LogP contribution < -0.4 is 0 Å². The highest BCUT2D eigenvalue weighted by atomic mass is 35.7. The van der Waals surface area contributed by atoms with Crippen molar-refractivity contribution in [1.82, 2.24) is 9.78 Å². The van der Waals surface area contributed by atoms with Crippen molar-refractivity contribution >= 4 is 19.7 Å². The summed E-state index contributed by atoms with van der Waals surface area (Å²) in [6.45, 7) is 0. The predicted molar refractivity (Wildman–Crippen MR) is 61.7 cm³/mol. The molecule has 0 unspecified atom stereocenters. The minimum Gasteiger partial charge on any atom is -0.274 e. The number of hydrogen-bond acceptors (Lipinski definition) is 3. The second-order valence-corrected chi connectivity index (χ2v) is 5.85. The summed E-state index contributed by atoms with van der Waals surface area (Å²) < 4.78 is 24.1. The molecule has 2 rings (SSSR count). The van der Waals surface area contributed by atoms with E-state index in [0.717, 1.165) is 5.56 Å². The smallest absolute Gasteiger partial charge is 0.265 e. The number of hydrogen-bond donors (Lipinski definition) is 0. The maximum absolute atomic E-state index is 11.4. The fraction of sp³-hybridized carbons (Fsp3) is 0.100. The quantitative estimate of drug-likeness (QED) is 0.773. The van der Waals surface area contributed by atoms with Crippen LogP contribution in [0, 0.1) is 0 Å². The van der Waals surface area contributed by atoms with Gasteiger partial charge in [-0.05, 0) is 0 Å². The lowest BCUT2D eigenvalue weighted by Crippen LogP contribution is -1.91. The van der Waals surface area contributed by atoms with Crippen molar-refractivity contribution in [3.05, 3.63) is 36.5 Å². The largest absolute Gasteiger partial charge is 0.274 e. The summed E-state index contributed by atoms with van der Waals surface area (Å²) >= 11 is 0. The second-order valence-electron chi connectivity index (χ2n) is 3.32. The van der Waals surface area contributed by atoms with Crippen LogP contribution in [0.5, 0.6) is 0 Å². The van der Waals surface area contributed by atoms with E-state index in [-0.39, 0.29) is 4.90 Å². The summed E-state index contributed by atoms with van der Waals surface area (Å²) in [5.41, 5.74) is 1.10. The minimum absolute atomic E-state index is 0.0304. The zero-order valence-electron chi connectivity index (χ0n) is 8.46. The molecule has 0 spiro atoms. The zero-order chi connectivity index (χ0) is 11.8. The van der Waals surface area contributed by atoms with E-state index in [0.29, 0.717) is 5.69 Å². The van der Waals surface area contributed by atoms with Crippen LogP contribution in [0.2, 0.25) is 0 Å². The molecule has 1 aromatic heterocycles. The molecule has 0 aliphatic rings. The Morgan fingerprint density at radius 2 is 1.88 bits per heavy atom. The average molecular weight is 257 g/mol. The highest BCUT2D eigenvalue weighted by Crippen LogP contribution is 2.27. The summed E-state index contributed by atoms with van der Waals surface area (Å²) in [6, 6.07) is 9.05. The van der Waals surface area contributed by atoms with E-state index in [1.54, 1.807) is 19.2 Å². The lowest BCUT2D eigenvalue weighted by Gasteiger charge is -1.98. The number of aromatic nitrogens is 2. The van der Waals surface area contributed by atoms with E-state index < -0.39 is 9.05 Å². The summed E-state index contributed by atoms with van der Waals surface area (Å²) in [7, 11) is 3.22. The highest BCUT2D eigenvalue weighted by molar-refractivity contribution is 8.13. The summed E-state index contributed by atoms with van der Waals surface area (Å²) in [5, 5.41) is 4.10. The van der Waals surface area contributed by atoms with Gasteiger partial charge in [0.15, 0.2) is 0 Å². The van der Waals surface area contributed by atoms with Crippen molar-refractivity contribution < 1.29 is 8.42 Å². The molecule has 16 heavy (non-hydrogen) atoms. The van der Waals surface area contributed by atoms with Crippen LogP contribution in [-0.2, 0) is 16.1 Å². The molecule has 0 radical (unpaired) electrons. The highest BCUT2D eigenvalue weighted by Gasteiger charge is 2.20. The van der Waals surface area contributed by atoms with E-state index in [4.69, 9.17) is 10.7 Å². The van der Waals surface area contributed by atoms with Gasteiger partial charge < -0.3 is 0 Å². The first-order valence-corrected chi connectivity index (χ1v) is 6.83. The Kier molecular flexibility index (Phi) is 2.73. The van der Waals surface area contributed by atoms with Crippen LogP contribution in [0.25, 0.3) is 11.3 Å². The van der Waals surface area contributed by atoms with E-state index in [9.17, 15) is 8.42 Å². The molecular weight excluding hydrogens is 248 g/mol. The zero-order valence-corrected chi connectivity index (χ0v) is 10.0. The Balaban J connectivity index is 2.67. The Labute approximate surface area is 97.9 Å². The van der Waals surface area contributed by atoms with E-state index in [1.807, 2.05) is 18.2 Å². The molecule has 2 aromatic rings. The molecule has 1 aromatic carbocycles. The van der Waals surface area contributed by atoms with Gasteiger partial charge in [-0.2, -0.15) is 5.10 Å². The Bertz CT molecular complexity index is 605. The average Bonchev–Trinajstić information content (AvgIpc) is 2.61. The van der Waals surface area contributed by atoms with Gasteiger partial charge in [0.25, 0.3) is 9.05 Å². The van der Waals surface area contributed by atoms with Crippen LogP contribution in [-0.4, -0.2) is 18.2 Å². The van der Waals surface area contributed by atoms with Crippen molar-refractivity contribution in [3.63, 3.8) is 0 Å². The van der Waals surface area contributed by atoms with Crippen LogP contribution in [0.15, 0.2) is 41.4 Å². The van der Waals surface area contributed by atoms with E-state index >= 15 is 0 Å². The van der Waals surface area contributed by atoms with Gasteiger partial charge >= 0.3 is 0 Å². The second kappa shape index (κ2) is 3.92. The van der Waals surface area contributed by atoms with Gasteiger partial charge in [-0.3, -0.25) is 4.68 Å². The molecule has 0 N–H and O–H groups in total. The third kappa shape index (κ3) is 2.10. The molecule has 0 bridgehead atoms. The summed E-state index contributed by atoms with van der Waals surface area (Å²) in [5.74, 6) is 0. The number of nitrogens with zero attached hydrogens (tertiary/aromatic N) is 2. The molecule has 0 aliphatic heterocycles. The molecule has 0 atom stereocenters. The predicted octanol–water partition coefficient (Wildman–Crippen LogP) is 2.01. The van der Waals surface area contributed by atoms with Crippen LogP contribution in [0.1, 0.15) is 0 Å². The van der Waals surface area contributed by atoms with Crippen LogP contribution in [0.4, 0.5) is 0 Å². The van der Waals surface area contributed by atoms with Crippen molar-refractivity contribution in [1.29, 1.82) is 0 Å². The molecule has 0 fully saturated rings. The van der Waals surface area contributed by atoms with Gasteiger partial charge in [-0.25, -0.2) is 8.42 Å². The van der Waals surface area contributed by atoms with E-state index in [2.05, 4.69) is 5.10 Å². The maximum Gasteiger partial charge on any atom is 0.265 e. The topological polar surface area (TPSA) is 52.0 Å². The molecule has 0 saturated heterocycles. The van der Waals surface area contributed by atoms with Crippen molar-refractivity contribution in [2.24, 2.45) is 7.05 Å².